The molecule has 0 aliphatic carbocycles. The van der Waals surface area contributed by atoms with Gasteiger partial charge in [-0.2, -0.15) is 10.2 Å². The predicted molar refractivity (Wildman–Crippen MR) is 94.1 cm³/mol. The molecule has 0 atom stereocenters. The first kappa shape index (κ1) is 15.6. The van der Waals surface area contributed by atoms with Crippen LogP contribution in [-0.2, 0) is 6.54 Å². The van der Waals surface area contributed by atoms with Crippen molar-refractivity contribution in [2.45, 2.75) is 20.4 Å². The summed E-state index contributed by atoms with van der Waals surface area (Å²) in [6.07, 6.45) is 0. The van der Waals surface area contributed by atoms with Crippen LogP contribution in [0.3, 0.4) is 0 Å². The Bertz CT molecular complexity index is 853. The maximum absolute atomic E-state index is 8.80. The molecule has 3 aromatic rings. The van der Waals surface area contributed by atoms with Crippen molar-refractivity contribution in [1.82, 2.24) is 15.2 Å². The summed E-state index contributed by atoms with van der Waals surface area (Å²) >= 11 is 0. The van der Waals surface area contributed by atoms with Crippen molar-refractivity contribution in [2.75, 3.05) is 10.6 Å². The molecule has 1 aromatic heterocycles. The van der Waals surface area contributed by atoms with Crippen LogP contribution >= 0.6 is 0 Å². The number of anilines is 3. The van der Waals surface area contributed by atoms with Crippen molar-refractivity contribution in [2.24, 2.45) is 0 Å². The zero-order valence-electron chi connectivity index (χ0n) is 13.6. The molecule has 0 aliphatic heterocycles. The number of rotatable bonds is 5. The van der Waals surface area contributed by atoms with Gasteiger partial charge in [-0.25, -0.2) is 5.10 Å². The molecule has 0 aliphatic rings. The number of nitriles is 1. The summed E-state index contributed by atoms with van der Waals surface area (Å²) in [5.41, 5.74) is 5.06. The summed E-state index contributed by atoms with van der Waals surface area (Å²) in [5, 5.41) is 22.2. The zero-order valence-corrected chi connectivity index (χ0v) is 13.6. The topological polar surface area (TPSA) is 89.4 Å². The fraction of sp³-hybridized carbons (Fsp3) is 0.167. The first-order valence-electron chi connectivity index (χ1n) is 7.63. The second kappa shape index (κ2) is 6.84. The number of aryl methyl sites for hydroxylation is 2. The maximum atomic E-state index is 8.80. The summed E-state index contributed by atoms with van der Waals surface area (Å²) < 4.78 is 0. The number of nitrogens with one attached hydrogen (secondary N) is 3. The highest BCUT2D eigenvalue weighted by Crippen LogP contribution is 2.18. The normalized spacial score (nSPS) is 10.2. The van der Waals surface area contributed by atoms with Gasteiger partial charge in [-0.15, -0.1) is 5.10 Å². The first-order valence-corrected chi connectivity index (χ1v) is 7.63. The average Bonchev–Trinajstić information content (AvgIpc) is 3.00. The molecule has 0 amide bonds. The van der Waals surface area contributed by atoms with Gasteiger partial charge in [0, 0.05) is 12.2 Å². The lowest BCUT2D eigenvalue weighted by Gasteiger charge is -2.05. The predicted octanol–water partition coefficient (Wildman–Crippen LogP) is 3.65. The molecule has 0 radical (unpaired) electrons. The molecule has 3 rings (SSSR count). The molecule has 3 N–H and O–H groups in total. The summed E-state index contributed by atoms with van der Waals surface area (Å²) in [7, 11) is 0. The van der Waals surface area contributed by atoms with Gasteiger partial charge < -0.3 is 10.6 Å². The molecule has 0 saturated heterocycles. The largest absolute Gasteiger partial charge is 0.349 e. The fourth-order valence-corrected chi connectivity index (χ4v) is 2.46. The Morgan fingerprint density at radius 1 is 1.08 bits per heavy atom. The van der Waals surface area contributed by atoms with Crippen LogP contribution in [-0.4, -0.2) is 15.2 Å². The molecule has 0 unspecified atom stereocenters. The second-order valence-electron chi connectivity index (χ2n) is 5.67. The quantitative estimate of drug-likeness (QED) is 0.668. The molecule has 2 aromatic carbocycles. The SMILES string of the molecule is Cc1cc(C)cc(Nc2nc(NCc3ccc(C#N)cc3)n[nH]2)c1. The van der Waals surface area contributed by atoms with Crippen LogP contribution in [0.4, 0.5) is 17.6 Å². The number of aromatic nitrogens is 3. The van der Waals surface area contributed by atoms with E-state index >= 15 is 0 Å². The number of H-pyrrole nitrogens is 1. The van der Waals surface area contributed by atoms with Crippen LogP contribution in [0, 0.1) is 25.2 Å². The summed E-state index contributed by atoms with van der Waals surface area (Å²) in [6.45, 7) is 4.71. The Morgan fingerprint density at radius 3 is 2.46 bits per heavy atom. The van der Waals surface area contributed by atoms with Gasteiger partial charge in [0.2, 0.25) is 11.9 Å². The third kappa shape index (κ3) is 3.90. The van der Waals surface area contributed by atoms with Crippen LogP contribution in [0.1, 0.15) is 22.3 Å². The van der Waals surface area contributed by atoms with Crippen molar-refractivity contribution in [1.29, 1.82) is 5.26 Å². The Hall–Kier alpha value is -3.33. The number of aromatic amines is 1. The summed E-state index contributed by atoms with van der Waals surface area (Å²) in [4.78, 5) is 4.37. The van der Waals surface area contributed by atoms with E-state index in [2.05, 4.69) is 63.9 Å². The van der Waals surface area contributed by atoms with E-state index in [1.54, 1.807) is 12.1 Å². The molecule has 6 heteroatoms. The molecular weight excluding hydrogens is 300 g/mol. The summed E-state index contributed by atoms with van der Waals surface area (Å²) in [5.74, 6) is 1.11. The molecule has 0 spiro atoms. The van der Waals surface area contributed by atoms with Gasteiger partial charge in [0.15, 0.2) is 0 Å². The lowest BCUT2D eigenvalue weighted by atomic mass is 10.1. The number of hydrogen-bond acceptors (Lipinski definition) is 5. The third-order valence-corrected chi connectivity index (χ3v) is 3.50. The molecule has 24 heavy (non-hydrogen) atoms. The van der Waals surface area contributed by atoms with E-state index in [4.69, 9.17) is 5.26 Å². The minimum absolute atomic E-state index is 0.520. The molecule has 0 saturated carbocycles. The van der Waals surface area contributed by atoms with Crippen LogP contribution < -0.4 is 10.6 Å². The van der Waals surface area contributed by atoms with Crippen LogP contribution in [0.2, 0.25) is 0 Å². The Morgan fingerprint density at radius 2 is 1.79 bits per heavy atom. The second-order valence-corrected chi connectivity index (χ2v) is 5.67. The molecule has 120 valence electrons. The van der Waals surface area contributed by atoms with Crippen LogP contribution in [0.5, 0.6) is 0 Å². The number of nitrogens with zero attached hydrogens (tertiary/aromatic N) is 3. The van der Waals surface area contributed by atoms with Gasteiger partial charge in [-0.05, 0) is 54.8 Å². The smallest absolute Gasteiger partial charge is 0.243 e. The maximum Gasteiger partial charge on any atom is 0.243 e. The number of hydrogen-bond donors (Lipinski definition) is 3. The van der Waals surface area contributed by atoms with Crippen molar-refractivity contribution < 1.29 is 0 Å². The van der Waals surface area contributed by atoms with Gasteiger partial charge in [0.1, 0.15) is 0 Å². The first-order chi connectivity index (χ1) is 11.6. The standard InChI is InChI=1S/C18H18N6/c1-12-7-13(2)9-16(8-12)21-18-22-17(23-24-18)20-11-15-5-3-14(10-19)4-6-15/h3-9H,11H2,1-2H3,(H3,20,21,22,23,24). The monoisotopic (exact) mass is 318 g/mol. The van der Waals surface area contributed by atoms with E-state index in [0.717, 1.165) is 11.3 Å². The van der Waals surface area contributed by atoms with Crippen molar-refractivity contribution in [3.63, 3.8) is 0 Å². The van der Waals surface area contributed by atoms with Gasteiger partial charge in [0.05, 0.1) is 11.6 Å². The van der Waals surface area contributed by atoms with Gasteiger partial charge in [-0.1, -0.05) is 18.2 Å². The van der Waals surface area contributed by atoms with E-state index in [9.17, 15) is 0 Å². The zero-order chi connectivity index (χ0) is 16.9. The van der Waals surface area contributed by atoms with Gasteiger partial charge in [-0.3, -0.25) is 0 Å². The van der Waals surface area contributed by atoms with E-state index < -0.39 is 0 Å². The Labute approximate surface area is 140 Å². The number of benzene rings is 2. The average molecular weight is 318 g/mol. The highest BCUT2D eigenvalue weighted by molar-refractivity contribution is 5.56. The molecule has 0 fully saturated rings. The third-order valence-electron chi connectivity index (χ3n) is 3.50. The highest BCUT2D eigenvalue weighted by atomic mass is 15.3. The van der Waals surface area contributed by atoms with Crippen LogP contribution in [0.15, 0.2) is 42.5 Å². The minimum Gasteiger partial charge on any atom is -0.349 e. The lowest BCUT2D eigenvalue weighted by molar-refractivity contribution is 1.04. The lowest BCUT2D eigenvalue weighted by Crippen LogP contribution is -2.01. The van der Waals surface area contributed by atoms with Crippen molar-refractivity contribution in [3.05, 3.63) is 64.7 Å². The molecular formula is C18H18N6. The minimum atomic E-state index is 0.520. The van der Waals surface area contributed by atoms with Gasteiger partial charge in [0.25, 0.3) is 0 Å². The van der Waals surface area contributed by atoms with Crippen LogP contribution in [0.25, 0.3) is 0 Å². The van der Waals surface area contributed by atoms with Crippen molar-refractivity contribution in [3.8, 4) is 6.07 Å². The van der Waals surface area contributed by atoms with Gasteiger partial charge >= 0.3 is 0 Å². The molecule has 6 nitrogen and oxygen atoms in total. The molecule has 1 heterocycles. The Balaban J connectivity index is 1.61. The van der Waals surface area contributed by atoms with E-state index in [0.29, 0.717) is 24.0 Å². The van der Waals surface area contributed by atoms with E-state index in [1.165, 1.54) is 11.1 Å². The Kier molecular flexibility index (Phi) is 4.43. The summed E-state index contributed by atoms with van der Waals surface area (Å²) in [6, 6.07) is 15.7. The fourth-order valence-electron chi connectivity index (χ4n) is 2.46. The molecule has 0 bridgehead atoms. The van der Waals surface area contributed by atoms with Crippen molar-refractivity contribution >= 4 is 17.6 Å². The van der Waals surface area contributed by atoms with E-state index in [1.807, 2.05) is 12.1 Å². The van der Waals surface area contributed by atoms with E-state index in [-0.39, 0.29) is 0 Å². The highest BCUT2D eigenvalue weighted by Gasteiger charge is 2.04.